The molecule has 0 fully saturated rings. The molecule has 3 N–H and O–H groups in total. The number of benzene rings is 4. The van der Waals surface area contributed by atoms with E-state index in [1.165, 1.54) is 36.4 Å². The van der Waals surface area contributed by atoms with E-state index in [4.69, 9.17) is 16.2 Å². The van der Waals surface area contributed by atoms with Gasteiger partial charge in [-0.15, -0.1) is 10.2 Å². The molecule has 0 aliphatic heterocycles. The van der Waals surface area contributed by atoms with Crippen molar-refractivity contribution in [2.75, 3.05) is 23.0 Å². The SMILES string of the molecule is CC([O-])=Nc1cc(Nc2nc(Cl)nc(Nc3cccc(S(=O)(=O)CCOS(=O)(=O)O)c3)n2)ccc1N=Nc1cc2c(S(=O)(=O)[O-])cc(S(=O)(=O)[O-])cc2cc1S(=O)(=O)[O-].[Na+].[Na+].[Na+].[Na+]. The summed E-state index contributed by atoms with van der Waals surface area (Å²) in [5.74, 6) is -2.01. The van der Waals surface area contributed by atoms with Crippen molar-refractivity contribution in [2.45, 2.75) is 26.5 Å². The zero-order chi connectivity index (χ0) is 43.7. The van der Waals surface area contributed by atoms with Crippen molar-refractivity contribution < 1.29 is 188 Å². The van der Waals surface area contributed by atoms with Gasteiger partial charge in [0.25, 0.3) is 0 Å². The van der Waals surface area contributed by atoms with Crippen LogP contribution in [0.15, 0.2) is 102 Å². The molecule has 314 valence electrons. The summed E-state index contributed by atoms with van der Waals surface area (Å²) >= 11 is 6.08. The van der Waals surface area contributed by atoms with Crippen LogP contribution in [0.1, 0.15) is 6.92 Å². The van der Waals surface area contributed by atoms with Gasteiger partial charge in [0.1, 0.15) is 41.7 Å². The minimum absolute atomic E-state index is 0. The average Bonchev–Trinajstić information content (AvgIpc) is 3.08. The summed E-state index contributed by atoms with van der Waals surface area (Å²) in [6, 6.07) is 10.8. The third-order valence-corrected chi connectivity index (χ3v) is 12.1. The number of nitrogens with zero attached hydrogens (tertiary/aromatic N) is 6. The maximum absolute atomic E-state index is 12.7. The van der Waals surface area contributed by atoms with Crippen LogP contribution < -0.4 is 134 Å². The van der Waals surface area contributed by atoms with E-state index in [1.54, 1.807) is 0 Å². The summed E-state index contributed by atoms with van der Waals surface area (Å²) in [4.78, 5) is 11.9. The first-order valence-corrected chi connectivity index (χ1v) is 23.0. The number of fused-ring (bicyclic) bond motifs is 1. The number of sulfone groups is 1. The van der Waals surface area contributed by atoms with Crippen LogP contribution in [0.3, 0.4) is 0 Å². The average molecular weight is 1030 g/mol. The predicted octanol–water partition coefficient (Wildman–Crippen LogP) is -9.69. The van der Waals surface area contributed by atoms with E-state index in [0.717, 1.165) is 13.0 Å². The van der Waals surface area contributed by atoms with E-state index in [1.807, 2.05) is 0 Å². The van der Waals surface area contributed by atoms with Crippen LogP contribution in [0, 0.1) is 0 Å². The summed E-state index contributed by atoms with van der Waals surface area (Å²) in [7, 11) is -25.3. The largest absolute Gasteiger partial charge is 1.00 e. The van der Waals surface area contributed by atoms with Gasteiger partial charge in [-0.05, 0) is 90.5 Å². The molecule has 63 heavy (non-hydrogen) atoms. The summed E-state index contributed by atoms with van der Waals surface area (Å²) < 4.78 is 167. The van der Waals surface area contributed by atoms with Crippen molar-refractivity contribution in [1.29, 1.82) is 0 Å². The van der Waals surface area contributed by atoms with Gasteiger partial charge in [-0.3, -0.25) is 9.55 Å². The quantitative estimate of drug-likeness (QED) is 0.0288. The molecule has 1 heterocycles. The zero-order valence-electron chi connectivity index (χ0n) is 32.9. The number of hydrogen-bond donors (Lipinski definition) is 3. The zero-order valence-corrected chi connectivity index (χ0v) is 45.8. The maximum Gasteiger partial charge on any atom is 1.00 e. The fourth-order valence-electron chi connectivity index (χ4n) is 4.86. The number of anilines is 4. The van der Waals surface area contributed by atoms with Gasteiger partial charge in [0.05, 0.1) is 37.6 Å². The van der Waals surface area contributed by atoms with Gasteiger partial charge in [-0.2, -0.15) is 23.4 Å². The van der Waals surface area contributed by atoms with Gasteiger partial charge < -0.3 is 29.4 Å². The van der Waals surface area contributed by atoms with Crippen LogP contribution in [-0.4, -0.2) is 93.5 Å². The molecule has 0 aliphatic carbocycles. The molecule has 0 spiro atoms. The van der Waals surface area contributed by atoms with Gasteiger partial charge in [0.15, 0.2) is 9.84 Å². The van der Waals surface area contributed by atoms with Gasteiger partial charge in [-0.25, -0.2) is 37.9 Å². The van der Waals surface area contributed by atoms with Crippen LogP contribution in [0.5, 0.6) is 0 Å². The Hall–Kier alpha value is -1.34. The predicted molar refractivity (Wildman–Crippen MR) is 199 cm³/mol. The molecule has 24 nitrogen and oxygen atoms in total. The van der Waals surface area contributed by atoms with Gasteiger partial charge >= 0.3 is 129 Å². The maximum atomic E-state index is 12.7. The van der Waals surface area contributed by atoms with E-state index in [-0.39, 0.29) is 169 Å². The summed E-state index contributed by atoms with van der Waals surface area (Å²) in [5, 5.41) is 23.5. The normalized spacial score (nSPS) is 12.4. The summed E-state index contributed by atoms with van der Waals surface area (Å²) in [5.41, 5.74) is -1.08. The molecule has 0 radical (unpaired) electrons. The second-order valence-electron chi connectivity index (χ2n) is 11.5. The van der Waals surface area contributed by atoms with Crippen molar-refractivity contribution in [1.82, 2.24) is 15.0 Å². The van der Waals surface area contributed by atoms with Crippen molar-refractivity contribution in [2.24, 2.45) is 15.2 Å². The first-order valence-electron chi connectivity index (χ1n) is 15.4. The van der Waals surface area contributed by atoms with Gasteiger partial charge in [0.2, 0.25) is 17.2 Å². The summed E-state index contributed by atoms with van der Waals surface area (Å²) in [6.07, 6.45) is 0. The Morgan fingerprint density at radius 1 is 0.683 bits per heavy atom. The minimum atomic E-state index is -5.52. The number of aromatic nitrogens is 3. The number of halogens is 1. The molecule has 1 aromatic heterocycles. The number of aliphatic imine (C=N–C) groups is 1. The number of nitrogens with one attached hydrogen (secondary N) is 2. The van der Waals surface area contributed by atoms with E-state index in [9.17, 15) is 60.9 Å². The standard InChI is InChI=1S/C29H25ClN8O16S5.4Na/c1-15(39)31-23-12-18(33-29-35-27(30)34-28(36-29)32-17-3-2-4-19(11-17)55(40,41)8-7-54-59(51,52)53)5-6-22(23)37-38-24-14-21-16(10-26(24)58(48,49)50)9-20(56(42,43)44)13-25(21)57(45,46)47;;;;/h2-6,9-14H,7-8H2,1H3,(H,31,39)(H,42,43,44)(H,45,46,47)(H,48,49,50)(H,51,52,53)(H2,32,33,34,35,36);;;;/q;4*+1/p-4. The van der Waals surface area contributed by atoms with Crippen LogP contribution in [0.4, 0.5) is 40.3 Å². The van der Waals surface area contributed by atoms with Gasteiger partial charge in [0, 0.05) is 16.8 Å². The van der Waals surface area contributed by atoms with Crippen molar-refractivity contribution in [3.63, 3.8) is 0 Å². The Labute approximate surface area is 452 Å². The van der Waals surface area contributed by atoms with Gasteiger partial charge in [-0.1, -0.05) is 6.07 Å². The molecule has 5 rings (SSSR count). The second-order valence-corrected chi connectivity index (χ2v) is 19.1. The van der Waals surface area contributed by atoms with E-state index in [0.29, 0.717) is 18.2 Å². The Balaban J connectivity index is 0.00000496. The van der Waals surface area contributed by atoms with E-state index < -0.39 is 100.0 Å². The van der Waals surface area contributed by atoms with Crippen LogP contribution >= 0.6 is 11.6 Å². The van der Waals surface area contributed by atoms with Crippen molar-refractivity contribution >= 4 is 119 Å². The number of rotatable bonds is 15. The van der Waals surface area contributed by atoms with Crippen molar-refractivity contribution in [3.05, 3.63) is 72.0 Å². The molecule has 0 atom stereocenters. The molecular weight excluding hydrogens is 1000 g/mol. The molecule has 0 aliphatic rings. The van der Waals surface area contributed by atoms with Crippen LogP contribution in [0.2, 0.25) is 5.28 Å². The monoisotopic (exact) mass is 1020 g/mol. The first-order chi connectivity index (χ1) is 27.2. The Morgan fingerprint density at radius 3 is 1.79 bits per heavy atom. The fraction of sp³-hybridized carbons (Fsp3) is 0.103. The number of azo groups is 1. The summed E-state index contributed by atoms with van der Waals surface area (Å²) in [6.45, 7) is 0.200. The Morgan fingerprint density at radius 2 is 1.25 bits per heavy atom. The minimum Gasteiger partial charge on any atom is -0.862 e. The molecule has 34 heteroatoms. The van der Waals surface area contributed by atoms with E-state index >= 15 is 0 Å². The number of hydrogen-bond acceptors (Lipinski definition) is 23. The Bertz CT molecular complexity index is 3170. The van der Waals surface area contributed by atoms with E-state index in [2.05, 4.69) is 45.0 Å². The fourth-order valence-corrected chi connectivity index (χ4v) is 8.50. The molecule has 0 bridgehead atoms. The molecule has 0 saturated carbocycles. The van der Waals surface area contributed by atoms with Crippen molar-refractivity contribution in [3.8, 4) is 0 Å². The molecule has 0 amide bonds. The molecule has 0 unspecified atom stereocenters. The third-order valence-electron chi connectivity index (χ3n) is 7.21. The van der Waals surface area contributed by atoms with Crippen LogP contribution in [0.25, 0.3) is 10.8 Å². The van der Waals surface area contributed by atoms with Crippen LogP contribution in [-0.2, 0) is 54.8 Å². The topological polar surface area (TPSA) is 392 Å². The molecular formula is C29H21ClN8Na4O16S5. The molecule has 4 aromatic carbocycles. The Kier molecular flexibility index (Phi) is 22.3. The molecule has 0 saturated heterocycles. The first kappa shape index (κ1) is 59.7. The second kappa shape index (κ2) is 23.6. The molecule has 5 aromatic rings. The third kappa shape index (κ3) is 17.0. The smallest absolute Gasteiger partial charge is 0.862 e.